The lowest BCUT2D eigenvalue weighted by Crippen LogP contribution is -2.43. The van der Waals surface area contributed by atoms with E-state index in [4.69, 9.17) is 4.74 Å². The molecule has 18 heavy (non-hydrogen) atoms. The summed E-state index contributed by atoms with van der Waals surface area (Å²) in [4.78, 5) is 2.28. The number of aromatic hydroxyl groups is 1. The molecule has 0 saturated carbocycles. The SMILES string of the molecule is CC(c1ccc(O)cc1F)N1CC2CCC(C1)O2. The van der Waals surface area contributed by atoms with Crippen molar-refractivity contribution in [1.82, 2.24) is 4.90 Å². The summed E-state index contributed by atoms with van der Waals surface area (Å²) in [5, 5.41) is 9.25. The average Bonchev–Trinajstić information content (AvgIpc) is 2.67. The van der Waals surface area contributed by atoms with Crippen molar-refractivity contribution >= 4 is 0 Å². The van der Waals surface area contributed by atoms with Crippen LogP contribution >= 0.6 is 0 Å². The molecule has 2 heterocycles. The molecule has 0 radical (unpaired) electrons. The van der Waals surface area contributed by atoms with Gasteiger partial charge in [0, 0.05) is 30.8 Å². The quantitative estimate of drug-likeness (QED) is 0.876. The maximum absolute atomic E-state index is 13.8. The Hall–Kier alpha value is -1.13. The summed E-state index contributed by atoms with van der Waals surface area (Å²) in [5.41, 5.74) is 0.647. The van der Waals surface area contributed by atoms with Gasteiger partial charge >= 0.3 is 0 Å². The van der Waals surface area contributed by atoms with Crippen LogP contribution in [0.4, 0.5) is 4.39 Å². The number of ether oxygens (including phenoxy) is 1. The summed E-state index contributed by atoms with van der Waals surface area (Å²) in [5.74, 6) is -0.355. The Morgan fingerprint density at radius 2 is 2.00 bits per heavy atom. The Balaban J connectivity index is 1.79. The number of hydrogen-bond acceptors (Lipinski definition) is 3. The van der Waals surface area contributed by atoms with Gasteiger partial charge in [-0.25, -0.2) is 4.39 Å². The van der Waals surface area contributed by atoms with Crippen molar-refractivity contribution in [3.05, 3.63) is 29.6 Å². The van der Waals surface area contributed by atoms with E-state index < -0.39 is 0 Å². The van der Waals surface area contributed by atoms with Gasteiger partial charge in [0.25, 0.3) is 0 Å². The second-order valence-corrected chi connectivity index (χ2v) is 5.29. The number of phenols is 1. The van der Waals surface area contributed by atoms with Crippen LogP contribution < -0.4 is 0 Å². The van der Waals surface area contributed by atoms with Crippen LogP contribution in [-0.4, -0.2) is 35.3 Å². The van der Waals surface area contributed by atoms with E-state index in [1.165, 1.54) is 6.07 Å². The van der Waals surface area contributed by atoms with E-state index in [1.54, 1.807) is 12.1 Å². The Kier molecular flexibility index (Phi) is 2.99. The molecule has 2 bridgehead atoms. The molecule has 2 saturated heterocycles. The molecule has 98 valence electrons. The van der Waals surface area contributed by atoms with E-state index in [0.29, 0.717) is 17.8 Å². The molecule has 2 aliphatic heterocycles. The van der Waals surface area contributed by atoms with E-state index in [2.05, 4.69) is 4.90 Å². The molecule has 1 N–H and O–H groups in total. The lowest BCUT2D eigenvalue weighted by molar-refractivity contribution is -0.0513. The highest BCUT2D eigenvalue weighted by molar-refractivity contribution is 5.29. The number of hydrogen-bond donors (Lipinski definition) is 1. The van der Waals surface area contributed by atoms with Crippen LogP contribution in [0, 0.1) is 5.82 Å². The molecule has 3 rings (SSSR count). The van der Waals surface area contributed by atoms with Gasteiger partial charge in [-0.05, 0) is 25.8 Å². The van der Waals surface area contributed by atoms with Crippen molar-refractivity contribution in [2.24, 2.45) is 0 Å². The summed E-state index contributed by atoms with van der Waals surface area (Å²) in [6, 6.07) is 4.43. The van der Waals surface area contributed by atoms with Gasteiger partial charge in [-0.2, -0.15) is 0 Å². The topological polar surface area (TPSA) is 32.7 Å². The third-order valence-corrected chi connectivity index (χ3v) is 4.05. The highest BCUT2D eigenvalue weighted by Gasteiger charge is 2.36. The summed E-state index contributed by atoms with van der Waals surface area (Å²) in [6.07, 6.45) is 2.86. The van der Waals surface area contributed by atoms with Crippen LogP contribution in [0.2, 0.25) is 0 Å². The van der Waals surface area contributed by atoms with E-state index in [-0.39, 0.29) is 17.6 Å². The first-order valence-electron chi connectivity index (χ1n) is 6.51. The monoisotopic (exact) mass is 251 g/mol. The van der Waals surface area contributed by atoms with Gasteiger partial charge in [0.05, 0.1) is 12.2 Å². The standard InChI is InChI=1S/C14H18FNO2/c1-9(13-5-2-10(17)6-14(13)15)16-7-11-3-4-12(8-16)18-11/h2,5-6,9,11-12,17H,3-4,7-8H2,1H3. The maximum Gasteiger partial charge on any atom is 0.131 e. The molecule has 3 unspecified atom stereocenters. The van der Waals surface area contributed by atoms with E-state index >= 15 is 0 Å². The third kappa shape index (κ3) is 2.10. The molecule has 2 aliphatic rings. The van der Waals surface area contributed by atoms with Crippen LogP contribution in [0.15, 0.2) is 18.2 Å². The number of rotatable bonds is 2. The van der Waals surface area contributed by atoms with Gasteiger partial charge in [-0.3, -0.25) is 4.90 Å². The number of halogens is 1. The van der Waals surface area contributed by atoms with Crippen LogP contribution in [0.3, 0.4) is 0 Å². The zero-order valence-corrected chi connectivity index (χ0v) is 10.5. The molecule has 2 fully saturated rings. The molecule has 1 aromatic carbocycles. The van der Waals surface area contributed by atoms with Crippen molar-refractivity contribution in [1.29, 1.82) is 0 Å². The summed E-state index contributed by atoms with van der Waals surface area (Å²) < 4.78 is 19.6. The largest absolute Gasteiger partial charge is 0.508 e. The van der Waals surface area contributed by atoms with Gasteiger partial charge in [0.15, 0.2) is 0 Å². The molecule has 4 heteroatoms. The second kappa shape index (κ2) is 4.52. The smallest absolute Gasteiger partial charge is 0.131 e. The number of likely N-dealkylation sites (tertiary alicyclic amines) is 1. The minimum atomic E-state index is -0.332. The first-order valence-corrected chi connectivity index (χ1v) is 6.51. The fourth-order valence-electron chi connectivity index (χ4n) is 3.01. The Bertz CT molecular complexity index is 439. The van der Waals surface area contributed by atoms with Crippen molar-refractivity contribution < 1.29 is 14.2 Å². The Morgan fingerprint density at radius 3 is 2.61 bits per heavy atom. The summed E-state index contributed by atoms with van der Waals surface area (Å²) >= 11 is 0. The lowest BCUT2D eigenvalue weighted by atomic mass is 10.0. The predicted octanol–water partition coefficient (Wildman–Crippen LogP) is 2.46. The molecular weight excluding hydrogens is 233 g/mol. The minimum absolute atomic E-state index is 0.0227. The fourth-order valence-corrected chi connectivity index (χ4v) is 3.01. The first-order chi connectivity index (χ1) is 8.63. The molecule has 0 amide bonds. The predicted molar refractivity (Wildman–Crippen MR) is 65.9 cm³/mol. The second-order valence-electron chi connectivity index (χ2n) is 5.29. The highest BCUT2D eigenvalue weighted by atomic mass is 19.1. The van der Waals surface area contributed by atoms with Gasteiger partial charge in [-0.15, -0.1) is 0 Å². The maximum atomic E-state index is 13.8. The van der Waals surface area contributed by atoms with Crippen molar-refractivity contribution in [3.8, 4) is 5.75 Å². The normalized spacial score (nSPS) is 29.4. The van der Waals surface area contributed by atoms with Crippen molar-refractivity contribution in [2.75, 3.05) is 13.1 Å². The number of nitrogens with zero attached hydrogens (tertiary/aromatic N) is 1. The molecule has 0 spiro atoms. The van der Waals surface area contributed by atoms with Crippen LogP contribution in [0.5, 0.6) is 5.75 Å². The van der Waals surface area contributed by atoms with Crippen LogP contribution in [0.1, 0.15) is 31.4 Å². The van der Waals surface area contributed by atoms with Gasteiger partial charge in [0.2, 0.25) is 0 Å². The number of phenolic OH excluding ortho intramolecular Hbond substituents is 1. The molecule has 0 aromatic heterocycles. The van der Waals surface area contributed by atoms with Crippen LogP contribution in [0.25, 0.3) is 0 Å². The third-order valence-electron chi connectivity index (χ3n) is 4.05. The number of benzene rings is 1. The van der Waals surface area contributed by atoms with Gasteiger partial charge in [0.1, 0.15) is 11.6 Å². The van der Waals surface area contributed by atoms with Gasteiger partial charge < -0.3 is 9.84 Å². The Morgan fingerprint density at radius 1 is 1.33 bits per heavy atom. The van der Waals surface area contributed by atoms with Gasteiger partial charge in [-0.1, -0.05) is 6.07 Å². The molecular formula is C14H18FNO2. The minimum Gasteiger partial charge on any atom is -0.508 e. The Labute approximate surface area is 106 Å². The first kappa shape index (κ1) is 11.9. The zero-order valence-electron chi connectivity index (χ0n) is 10.5. The van der Waals surface area contributed by atoms with Crippen molar-refractivity contribution in [3.63, 3.8) is 0 Å². The lowest BCUT2D eigenvalue weighted by Gasteiger charge is -2.36. The van der Waals surface area contributed by atoms with E-state index in [1.807, 2.05) is 6.92 Å². The molecule has 3 nitrogen and oxygen atoms in total. The zero-order chi connectivity index (χ0) is 12.7. The van der Waals surface area contributed by atoms with E-state index in [9.17, 15) is 9.50 Å². The van der Waals surface area contributed by atoms with Crippen LogP contribution in [-0.2, 0) is 4.74 Å². The number of morpholine rings is 1. The highest BCUT2D eigenvalue weighted by Crippen LogP contribution is 2.33. The summed E-state index contributed by atoms with van der Waals surface area (Å²) in [7, 11) is 0. The molecule has 1 aromatic rings. The average molecular weight is 251 g/mol. The van der Waals surface area contributed by atoms with Crippen molar-refractivity contribution in [2.45, 2.75) is 38.0 Å². The van der Waals surface area contributed by atoms with E-state index in [0.717, 1.165) is 25.9 Å². The molecule has 3 atom stereocenters. The molecule has 0 aliphatic carbocycles. The fraction of sp³-hybridized carbons (Fsp3) is 0.571. The number of fused-ring (bicyclic) bond motifs is 2. The summed E-state index contributed by atoms with van der Waals surface area (Å²) in [6.45, 7) is 3.76.